The Morgan fingerprint density at radius 1 is 1.06 bits per heavy atom. The maximum atomic E-state index is 12.6. The molecule has 1 saturated heterocycles. The number of hydrogen-bond donors (Lipinski definition) is 4. The van der Waals surface area contributed by atoms with E-state index in [2.05, 4.69) is 54.8 Å². The second-order valence-electron chi connectivity index (χ2n) is 15.0. The van der Waals surface area contributed by atoms with Gasteiger partial charge in [-0.05, 0) is 61.1 Å². The summed E-state index contributed by atoms with van der Waals surface area (Å²) in [7, 11) is 0. The summed E-state index contributed by atoms with van der Waals surface area (Å²) in [6.45, 7) is 19.2. The van der Waals surface area contributed by atoms with Gasteiger partial charge in [0.25, 0.3) is 5.91 Å². The standard InChI is InChI=1S/C21H37N3O3S.C12H15NO2.C5H9NO3.C2H4/c1-4-6-7-8-9-10-19(26)24(13-5-2)15-18(25)22-21(14-16(21)3)20(27)23-28-17-11-12-17;1-12(2)8-13(11(14)15)7-9-5-3-4-6-10(9)12;6-5(7)9-4-1-2-8-3-4;1-2/h16-17H,4-15H2,1-3H3,(H,22,25)(H,23,27);3-6H,7-8H2,1-2H3,(H,14,15);4H,1-3H2,(H2,6,7);1-2H2/t16-,21-;;;/m1.../s1. The van der Waals surface area contributed by atoms with E-state index >= 15 is 0 Å². The van der Waals surface area contributed by atoms with Gasteiger partial charge in [0.1, 0.15) is 11.6 Å². The van der Waals surface area contributed by atoms with Crippen LogP contribution in [0.1, 0.15) is 116 Å². The fourth-order valence-corrected chi connectivity index (χ4v) is 7.32. The van der Waals surface area contributed by atoms with Gasteiger partial charge in [0.05, 0.1) is 19.8 Å². The van der Waals surface area contributed by atoms with E-state index in [1.54, 1.807) is 4.90 Å². The first-order valence-electron chi connectivity index (χ1n) is 19.4. The van der Waals surface area contributed by atoms with Crippen LogP contribution in [0.2, 0.25) is 0 Å². The maximum absolute atomic E-state index is 12.6. The highest BCUT2D eigenvalue weighted by atomic mass is 32.2. The fourth-order valence-electron chi connectivity index (χ4n) is 6.49. The number of amides is 5. The molecule has 2 aliphatic heterocycles. The van der Waals surface area contributed by atoms with Crippen LogP contribution < -0.4 is 15.8 Å². The third-order valence-electron chi connectivity index (χ3n) is 9.73. The van der Waals surface area contributed by atoms with Crippen LogP contribution in [0.4, 0.5) is 9.59 Å². The molecule has 1 aromatic rings. The zero-order valence-electron chi connectivity index (χ0n) is 33.2. The molecule has 13 nitrogen and oxygen atoms in total. The Bertz CT molecular complexity index is 1370. The lowest BCUT2D eigenvalue weighted by atomic mass is 9.78. The summed E-state index contributed by atoms with van der Waals surface area (Å²) < 4.78 is 12.5. The van der Waals surface area contributed by atoms with Crippen LogP contribution in [0, 0.1) is 5.92 Å². The Morgan fingerprint density at radius 2 is 1.72 bits per heavy atom. The molecule has 4 aliphatic rings. The van der Waals surface area contributed by atoms with Crippen molar-refractivity contribution in [3.63, 3.8) is 0 Å². The van der Waals surface area contributed by atoms with E-state index in [4.69, 9.17) is 15.6 Å². The molecular weight excluding hydrogens is 711 g/mol. The smallest absolute Gasteiger partial charge is 0.407 e. The molecule has 0 radical (unpaired) electrons. The van der Waals surface area contributed by atoms with Crippen molar-refractivity contribution in [2.45, 2.75) is 134 Å². The minimum Gasteiger partial charge on any atom is -0.465 e. The van der Waals surface area contributed by atoms with E-state index in [-0.39, 0.29) is 41.7 Å². The molecule has 14 heteroatoms. The molecule has 0 spiro atoms. The van der Waals surface area contributed by atoms with E-state index in [1.165, 1.54) is 35.3 Å². The molecule has 3 atom stereocenters. The van der Waals surface area contributed by atoms with Gasteiger partial charge in [0.2, 0.25) is 11.8 Å². The largest absolute Gasteiger partial charge is 0.465 e. The van der Waals surface area contributed by atoms with Gasteiger partial charge in [0.15, 0.2) is 0 Å². The Balaban J connectivity index is 0.000000320. The lowest BCUT2D eigenvalue weighted by molar-refractivity contribution is -0.137. The van der Waals surface area contributed by atoms with Gasteiger partial charge in [-0.3, -0.25) is 19.1 Å². The number of carboxylic acid groups (broad SMARTS) is 1. The second kappa shape index (κ2) is 23.2. The molecule has 0 bridgehead atoms. The van der Waals surface area contributed by atoms with Crippen LogP contribution >= 0.6 is 11.9 Å². The molecule has 3 fully saturated rings. The molecule has 1 aromatic carbocycles. The minimum atomic E-state index is -0.836. The van der Waals surface area contributed by atoms with Crippen LogP contribution in [0.25, 0.3) is 0 Å². The van der Waals surface area contributed by atoms with E-state index in [0.29, 0.717) is 50.9 Å². The van der Waals surface area contributed by atoms with Crippen molar-refractivity contribution >= 4 is 41.9 Å². The number of carbonyl (C=O) groups excluding carboxylic acids is 4. The summed E-state index contributed by atoms with van der Waals surface area (Å²) in [4.78, 5) is 61.9. The predicted molar refractivity (Wildman–Crippen MR) is 213 cm³/mol. The van der Waals surface area contributed by atoms with Crippen molar-refractivity contribution in [2.75, 3.05) is 32.8 Å². The van der Waals surface area contributed by atoms with Gasteiger partial charge in [-0.25, -0.2) is 9.59 Å². The summed E-state index contributed by atoms with van der Waals surface area (Å²) in [5.74, 6) is -0.163. The lowest BCUT2D eigenvalue weighted by Gasteiger charge is -2.38. The van der Waals surface area contributed by atoms with Crippen molar-refractivity contribution in [3.8, 4) is 0 Å². The van der Waals surface area contributed by atoms with Crippen molar-refractivity contribution in [1.82, 2.24) is 19.8 Å². The minimum absolute atomic E-state index is 0.0408. The number of primary amides is 1. The van der Waals surface area contributed by atoms with Crippen molar-refractivity contribution in [3.05, 3.63) is 48.6 Å². The number of nitrogens with two attached hydrogens (primary N) is 1. The van der Waals surface area contributed by atoms with Gasteiger partial charge in [-0.2, -0.15) is 0 Å². The molecule has 2 aliphatic carbocycles. The van der Waals surface area contributed by atoms with Crippen LogP contribution in [0.15, 0.2) is 37.4 Å². The third-order valence-corrected chi connectivity index (χ3v) is 10.8. The zero-order chi connectivity index (χ0) is 40.3. The molecule has 1 unspecified atom stereocenters. The Hall–Kier alpha value is -3.78. The van der Waals surface area contributed by atoms with Crippen molar-refractivity contribution in [1.29, 1.82) is 0 Å². The van der Waals surface area contributed by atoms with Gasteiger partial charge in [-0.15, -0.1) is 13.2 Å². The lowest BCUT2D eigenvalue weighted by Crippen LogP contribution is -2.52. The summed E-state index contributed by atoms with van der Waals surface area (Å²) in [5, 5.41) is 12.5. The number of unbranched alkanes of at least 4 members (excludes halogenated alkanes) is 4. The molecule has 0 aromatic heterocycles. The van der Waals surface area contributed by atoms with Gasteiger partial charge >= 0.3 is 12.2 Å². The average molecular weight is 776 g/mol. The third kappa shape index (κ3) is 15.5. The monoisotopic (exact) mass is 775 g/mol. The van der Waals surface area contributed by atoms with E-state index < -0.39 is 17.7 Å². The molecule has 5 amide bonds. The van der Waals surface area contributed by atoms with E-state index in [9.17, 15) is 24.0 Å². The fraction of sp³-hybridized carbons (Fsp3) is 0.675. The Kier molecular flexibility index (Phi) is 19.9. The summed E-state index contributed by atoms with van der Waals surface area (Å²) in [6, 6.07) is 8.07. The predicted octanol–water partition coefficient (Wildman–Crippen LogP) is 6.54. The number of rotatable bonds is 15. The summed E-state index contributed by atoms with van der Waals surface area (Å²) in [5.41, 5.74) is 6.26. The normalized spacial score (nSPS) is 21.5. The van der Waals surface area contributed by atoms with Crippen LogP contribution in [0.5, 0.6) is 0 Å². The van der Waals surface area contributed by atoms with Crippen LogP contribution in [-0.2, 0) is 35.8 Å². The highest BCUT2D eigenvalue weighted by Gasteiger charge is 2.58. The molecule has 2 saturated carbocycles. The molecular formula is C40H65N5O8S. The summed E-state index contributed by atoms with van der Waals surface area (Å²) in [6.07, 6.45) is 8.85. The highest BCUT2D eigenvalue weighted by molar-refractivity contribution is 7.98. The number of benzene rings is 1. The summed E-state index contributed by atoms with van der Waals surface area (Å²) >= 11 is 1.47. The first-order valence-corrected chi connectivity index (χ1v) is 20.2. The van der Waals surface area contributed by atoms with Gasteiger partial charge < -0.3 is 35.4 Å². The van der Waals surface area contributed by atoms with Crippen molar-refractivity contribution < 1.29 is 38.6 Å². The zero-order valence-corrected chi connectivity index (χ0v) is 34.0. The van der Waals surface area contributed by atoms with Crippen LogP contribution in [0.3, 0.4) is 0 Å². The van der Waals surface area contributed by atoms with Gasteiger partial charge in [-0.1, -0.05) is 84.6 Å². The number of ether oxygens (including phenoxy) is 2. The number of hydrogen-bond acceptors (Lipinski definition) is 8. The Morgan fingerprint density at radius 3 is 2.28 bits per heavy atom. The van der Waals surface area contributed by atoms with E-state index in [1.807, 2.05) is 32.0 Å². The quantitative estimate of drug-likeness (QED) is 0.0875. The van der Waals surface area contributed by atoms with Crippen molar-refractivity contribution in [2.24, 2.45) is 11.7 Å². The number of carbonyl (C=O) groups is 5. The molecule has 304 valence electrons. The molecule has 54 heavy (non-hydrogen) atoms. The number of nitrogens with zero attached hydrogens (tertiary/aromatic N) is 2. The first-order chi connectivity index (χ1) is 25.7. The maximum Gasteiger partial charge on any atom is 0.407 e. The SMILES string of the molecule is C=C.CC1(C)CN(C(=O)O)Cc2ccccc21.CCCCCCCC(=O)N(CCC)CC(=O)N[C@]1(C(=O)NSC2CC2)C[C@H]1C.NC(=O)OC1CCOC1. The van der Waals surface area contributed by atoms with Crippen LogP contribution in [-0.4, -0.2) is 94.6 Å². The van der Waals surface area contributed by atoms with E-state index in [0.717, 1.165) is 50.5 Å². The molecule has 5 N–H and O–H groups in total. The molecule has 2 heterocycles. The Labute approximate surface area is 326 Å². The first kappa shape index (κ1) is 46.4. The highest BCUT2D eigenvalue weighted by Crippen LogP contribution is 2.44. The topological polar surface area (TPSA) is 181 Å². The second-order valence-corrected chi connectivity index (χ2v) is 16.1. The van der Waals surface area contributed by atoms with Gasteiger partial charge in [0, 0.05) is 43.1 Å². The number of nitrogens with one attached hydrogen (secondary N) is 2. The average Bonchev–Trinajstić information content (AvgIpc) is 4.02. The molecule has 5 rings (SSSR count). The number of fused-ring (bicyclic) bond motifs is 1.